The number of hydrogen-bond donors (Lipinski definition) is 4. The van der Waals surface area contributed by atoms with Crippen LogP contribution >= 0.6 is 0 Å². The predicted octanol–water partition coefficient (Wildman–Crippen LogP) is 19.6. The second-order valence-corrected chi connectivity index (χ2v) is 37.5. The number of methoxy groups -OCH3 is 1. The van der Waals surface area contributed by atoms with Crippen molar-refractivity contribution >= 4 is 70.0 Å². The van der Waals surface area contributed by atoms with Gasteiger partial charge in [-0.2, -0.15) is 0 Å². The van der Waals surface area contributed by atoms with Gasteiger partial charge in [-0.15, -0.1) is 0 Å². The number of carbonyl (C=O) groups is 8. The van der Waals surface area contributed by atoms with Gasteiger partial charge in [-0.1, -0.05) is 76.3 Å². The predicted molar refractivity (Wildman–Crippen MR) is 481 cm³/mol. The van der Waals surface area contributed by atoms with Crippen molar-refractivity contribution in [3.8, 4) is 74.7 Å². The van der Waals surface area contributed by atoms with Gasteiger partial charge in [-0.25, -0.2) is 33.1 Å². The minimum absolute atomic E-state index is 0.0120. The van der Waals surface area contributed by atoms with Crippen molar-refractivity contribution in [2.24, 2.45) is 35.5 Å². The molecule has 25 nitrogen and oxygen atoms in total. The molecule has 6 aromatic carbocycles. The molecule has 0 spiro atoms. The van der Waals surface area contributed by atoms with Crippen molar-refractivity contribution < 1.29 is 94.2 Å². The van der Waals surface area contributed by atoms with Crippen LogP contribution in [0.3, 0.4) is 0 Å². The zero-order chi connectivity index (χ0) is 90.8. The standard InChI is InChI=1S/C27H24N2O5.C27H30N2O4.C26H19F3N2O4.C25H26N2O4/c1-32-17-4-2-15(3-5-17)12-16(30)13-21-25-20-14-18(6-8-22(20)34-26(21)25)33-23-10-11-28-27-19(23)7-9-24(31)29-27;30-17(13-16-5-3-1-2-4-6-16)14-21-25-20-15-18(7-9-22(20)33-26(21)25)32-23-11-12-28-27-19(23)8-10-24(31)29-27;27-18-11-20(29)19(28)8-12(18)7-13(32)9-17-24-16-10-14(1-3-21(16)35-25(17)24)34-22-5-6-30-26-15(22)2-4-23(33)31-26;28-15(11-14-3-1-2-4-14)12-19-23-18-13-16(5-7-20(18)31-24(19)23)30-21-9-10-26-25-17(21)6-8-22(29)27-25/h2-6,8,10-11,14,21,25-26H,7,9,12-13H2,1H3,(H,28,29,31);7,9,11-12,15-16,21,25-26H,1-6,8,10,13-14H2,(H,28,29,31);1,3,5-6,8,10-11,17,24-25H,2,4,7,9H2,(H,30,31,33);5,7,9-10,13-14,19,23-24H,1-4,6,8,11-12H2,(H,26,27,29)/t2*21-,25-,26+;17-,24-,25+;19-,23-,24+/m0000/s1. The Morgan fingerprint density at radius 3 is 0.970 bits per heavy atom. The highest BCUT2D eigenvalue weighted by Crippen LogP contribution is 2.65. The molecule has 10 aromatic rings. The van der Waals surface area contributed by atoms with Crippen LogP contribution in [0.15, 0.2) is 158 Å². The van der Waals surface area contributed by atoms with Crippen molar-refractivity contribution in [1.29, 1.82) is 0 Å². The van der Waals surface area contributed by atoms with Gasteiger partial charge in [-0.05, 0) is 164 Å². The quantitative estimate of drug-likeness (QED) is 0.0305. The monoisotopic (exact) mass is 1800 g/mol. The Balaban J connectivity index is 0.000000107. The van der Waals surface area contributed by atoms with E-state index in [4.69, 9.17) is 42.6 Å². The molecule has 14 aliphatic rings. The summed E-state index contributed by atoms with van der Waals surface area (Å²) in [6, 6.07) is 39.3. The lowest BCUT2D eigenvalue weighted by atomic mass is 9.92. The van der Waals surface area contributed by atoms with Crippen molar-refractivity contribution in [2.45, 2.75) is 215 Å². The SMILES string of the molecule is COc1ccc(CC(=O)C[C@@H]2[C@H]3Oc4ccc(Oc5ccnc6c5CCC(=O)N6)cc4[C@@H]23)cc1.O=C(CC1CCCC1)C[C@@H]1[C@H]2Oc3ccc(Oc4ccnc5c4CCC(=O)N5)cc3[C@@H]12.O=C(CC1CCCCCC1)C[C@@H]1[C@H]2Oc3ccc(Oc4ccnc5c4CCC(=O)N5)cc3[C@@H]12.O=C(Cc1cc(F)c(F)cc1F)C[C@@H]1[C@H]2Oc3ccc(Oc4ccnc5c4CCC(=O)N5)cc3[C@@H]12. The van der Waals surface area contributed by atoms with Crippen molar-refractivity contribution in [2.75, 3.05) is 28.4 Å². The van der Waals surface area contributed by atoms with Gasteiger partial charge in [-0.3, -0.25) is 38.4 Å². The largest absolute Gasteiger partial charge is 0.497 e. The fourth-order valence-corrected chi connectivity index (χ4v) is 21.6. The first-order valence-corrected chi connectivity index (χ1v) is 46.6. The van der Waals surface area contributed by atoms with E-state index in [-0.39, 0.29) is 102 Å². The van der Waals surface area contributed by atoms with Gasteiger partial charge in [0.25, 0.3) is 0 Å². The molecule has 4 amide bonds. The maximum absolute atomic E-state index is 13.9. The highest BCUT2D eigenvalue weighted by Gasteiger charge is 2.62. The number of nitrogens with one attached hydrogen (secondary N) is 4. The average Bonchev–Trinajstić information content (AvgIpc) is 1.57. The fourth-order valence-electron chi connectivity index (χ4n) is 21.6. The number of nitrogens with zero attached hydrogens (tertiary/aromatic N) is 4. The smallest absolute Gasteiger partial charge is 0.225 e. The number of anilines is 4. The molecule has 0 bridgehead atoms. The number of carbonyl (C=O) groups excluding carboxylic acids is 8. The Kier molecular flexibility index (Phi) is 23.7. The molecule has 12 atom stereocenters. The van der Waals surface area contributed by atoms with Gasteiger partial charge in [0.05, 0.1) is 7.11 Å². The molecule has 6 aliphatic carbocycles. The van der Waals surface area contributed by atoms with E-state index in [2.05, 4.69) is 53.3 Å². The Hall–Kier alpha value is -13.5. The first-order valence-electron chi connectivity index (χ1n) is 46.6. The van der Waals surface area contributed by atoms with E-state index in [1.807, 2.05) is 97.1 Å². The number of Topliss-reactive ketones (excluding diaryl/α,β-unsaturated/α-hetero) is 4. The molecule has 682 valence electrons. The summed E-state index contributed by atoms with van der Waals surface area (Å²) < 4.78 is 94.7. The summed E-state index contributed by atoms with van der Waals surface area (Å²) in [5.41, 5.74) is 8.77. The molecule has 4 aromatic heterocycles. The lowest BCUT2D eigenvalue weighted by Gasteiger charge is -2.19. The van der Waals surface area contributed by atoms with Crippen molar-refractivity contribution in [1.82, 2.24) is 19.9 Å². The van der Waals surface area contributed by atoms with Gasteiger partial charge in [0.2, 0.25) is 23.6 Å². The van der Waals surface area contributed by atoms with Crippen LogP contribution in [0, 0.1) is 53.0 Å². The number of hydrogen-bond acceptors (Lipinski definition) is 21. The van der Waals surface area contributed by atoms with Gasteiger partial charge >= 0.3 is 0 Å². The van der Waals surface area contributed by atoms with Gasteiger partial charge < -0.3 is 63.9 Å². The van der Waals surface area contributed by atoms with Crippen LogP contribution in [0.1, 0.15) is 208 Å². The van der Waals surface area contributed by atoms with Crippen molar-refractivity contribution in [3.63, 3.8) is 0 Å². The zero-order valence-corrected chi connectivity index (χ0v) is 73.3. The minimum Gasteiger partial charge on any atom is -0.497 e. The van der Waals surface area contributed by atoms with Crippen LogP contribution in [0.5, 0.6) is 74.7 Å². The summed E-state index contributed by atoms with van der Waals surface area (Å²) >= 11 is 0. The van der Waals surface area contributed by atoms with Gasteiger partial charge in [0.15, 0.2) is 11.6 Å². The molecular formula is C105H99F3N8O17. The van der Waals surface area contributed by atoms with E-state index in [0.29, 0.717) is 176 Å². The Labute approximate surface area is 765 Å². The van der Waals surface area contributed by atoms with E-state index in [1.54, 1.807) is 44.0 Å². The summed E-state index contributed by atoms with van der Waals surface area (Å²) in [4.78, 5) is 114. The zero-order valence-electron chi connectivity index (χ0n) is 73.3. The Bertz CT molecular complexity index is 6340. The number of ether oxygens (including phenoxy) is 9. The Morgan fingerprint density at radius 1 is 0.338 bits per heavy atom. The molecule has 8 aliphatic heterocycles. The van der Waals surface area contributed by atoms with Crippen LogP contribution in [0.4, 0.5) is 36.4 Å². The van der Waals surface area contributed by atoms with Crippen LogP contribution < -0.4 is 63.9 Å². The van der Waals surface area contributed by atoms with Crippen LogP contribution in [0.2, 0.25) is 0 Å². The molecule has 28 heteroatoms. The highest BCUT2D eigenvalue weighted by molar-refractivity contribution is 5.96. The molecule has 6 fully saturated rings. The fraction of sp³-hybridized carbons (Fsp3) is 0.390. The second kappa shape index (κ2) is 36.6. The highest BCUT2D eigenvalue weighted by atomic mass is 19.2. The second-order valence-electron chi connectivity index (χ2n) is 37.5. The third kappa shape index (κ3) is 18.5. The number of ketones is 4. The number of pyridine rings is 4. The first-order chi connectivity index (χ1) is 64.8. The molecule has 0 saturated heterocycles. The van der Waals surface area contributed by atoms with E-state index < -0.39 is 17.5 Å². The van der Waals surface area contributed by atoms with E-state index in [0.717, 1.165) is 121 Å². The third-order valence-corrected chi connectivity index (χ3v) is 28.6. The minimum atomic E-state index is -1.28. The lowest BCUT2D eigenvalue weighted by molar-refractivity contribution is -0.121. The average molecular weight is 1800 g/mol. The molecule has 133 heavy (non-hydrogen) atoms. The van der Waals surface area contributed by atoms with Crippen LogP contribution in [-0.2, 0) is 76.9 Å². The number of amides is 4. The summed E-state index contributed by atoms with van der Waals surface area (Å²) in [5, 5.41) is 11.2. The maximum Gasteiger partial charge on any atom is 0.225 e. The summed E-state index contributed by atoms with van der Waals surface area (Å²) in [6.45, 7) is 0. The molecule has 12 heterocycles. The number of aromatic nitrogens is 4. The number of benzene rings is 6. The molecule has 0 unspecified atom stereocenters. The molecule has 4 N–H and O–H groups in total. The number of fused-ring (bicyclic) bond motifs is 16. The third-order valence-electron chi connectivity index (χ3n) is 28.6. The molecule has 6 saturated carbocycles. The topological polar surface area (TPSA) is 319 Å². The Morgan fingerprint density at radius 2 is 0.639 bits per heavy atom. The van der Waals surface area contributed by atoms with Gasteiger partial charge in [0, 0.05) is 200 Å². The molecule has 24 rings (SSSR count). The molecular weight excluding hydrogens is 1700 g/mol. The van der Waals surface area contributed by atoms with E-state index >= 15 is 0 Å². The first kappa shape index (κ1) is 86.2. The maximum atomic E-state index is 13.9. The van der Waals surface area contributed by atoms with E-state index in [1.165, 1.54) is 64.2 Å². The molecule has 0 radical (unpaired) electrons. The summed E-state index contributed by atoms with van der Waals surface area (Å²) in [6.07, 6.45) is 26.9. The normalized spacial score (nSPS) is 23.5. The van der Waals surface area contributed by atoms with Gasteiger partial charge in [0.1, 0.15) is 151 Å². The summed E-state index contributed by atoms with van der Waals surface area (Å²) in [7, 11) is 1.63. The van der Waals surface area contributed by atoms with Crippen molar-refractivity contribution in [3.05, 3.63) is 231 Å². The number of rotatable bonds is 25. The number of halogens is 3. The van der Waals surface area contributed by atoms with Crippen LogP contribution in [0.25, 0.3) is 0 Å². The van der Waals surface area contributed by atoms with E-state index in [9.17, 15) is 51.5 Å². The van der Waals surface area contributed by atoms with Crippen LogP contribution in [-0.4, -0.2) is 98.2 Å². The summed E-state index contributed by atoms with van der Waals surface area (Å²) in [5.74, 6) is 12.0. The lowest BCUT2D eigenvalue weighted by Crippen LogP contribution is -2.20.